The molecule has 0 saturated carbocycles. The summed E-state index contributed by atoms with van der Waals surface area (Å²) in [7, 11) is 0. The van der Waals surface area contributed by atoms with Crippen molar-refractivity contribution in [3.8, 4) is 5.88 Å². The van der Waals surface area contributed by atoms with Crippen molar-refractivity contribution in [1.29, 1.82) is 0 Å². The Hall–Kier alpha value is -1.36. The van der Waals surface area contributed by atoms with Crippen molar-refractivity contribution < 1.29 is 9.47 Å². The molecule has 0 spiro atoms. The molecule has 82 valence electrons. The smallest absolute Gasteiger partial charge is 0.218 e. The van der Waals surface area contributed by atoms with Crippen LogP contribution in [0.15, 0.2) is 12.4 Å². The van der Waals surface area contributed by atoms with Gasteiger partial charge in [-0.2, -0.15) is 0 Å². The Labute approximate surface area is 88.8 Å². The fraction of sp³-hybridized carbons (Fsp3) is 0.600. The zero-order chi connectivity index (χ0) is 10.5. The Balaban J connectivity index is 1.92. The number of nitrogens with zero attached hydrogens (tertiary/aromatic N) is 2. The van der Waals surface area contributed by atoms with E-state index >= 15 is 0 Å². The third kappa shape index (κ3) is 2.79. The van der Waals surface area contributed by atoms with Gasteiger partial charge in [0.15, 0.2) is 0 Å². The summed E-state index contributed by atoms with van der Waals surface area (Å²) in [5, 5.41) is 3.18. The van der Waals surface area contributed by atoms with Crippen LogP contribution in [0, 0.1) is 0 Å². The van der Waals surface area contributed by atoms with Gasteiger partial charge >= 0.3 is 0 Å². The fourth-order valence-corrected chi connectivity index (χ4v) is 1.21. The highest BCUT2D eigenvalue weighted by Crippen LogP contribution is 2.15. The minimum absolute atomic E-state index is 0.152. The Kier molecular flexibility index (Phi) is 3.34. The van der Waals surface area contributed by atoms with E-state index in [4.69, 9.17) is 9.47 Å². The van der Waals surface area contributed by atoms with E-state index in [9.17, 15) is 0 Å². The average molecular weight is 209 g/mol. The molecule has 1 aromatic heterocycles. The summed E-state index contributed by atoms with van der Waals surface area (Å²) < 4.78 is 10.6. The predicted molar refractivity (Wildman–Crippen MR) is 56.0 cm³/mol. The van der Waals surface area contributed by atoms with Crippen LogP contribution in [0.1, 0.15) is 13.3 Å². The van der Waals surface area contributed by atoms with Gasteiger partial charge in [0.05, 0.1) is 13.2 Å². The summed E-state index contributed by atoms with van der Waals surface area (Å²) >= 11 is 0. The second-order valence-electron chi connectivity index (χ2n) is 3.45. The monoisotopic (exact) mass is 209 g/mol. The minimum atomic E-state index is 0.152. The maximum atomic E-state index is 5.55. The van der Waals surface area contributed by atoms with Gasteiger partial charge in [0, 0.05) is 12.6 Å². The first kappa shape index (κ1) is 10.2. The molecule has 2 heterocycles. The Bertz CT molecular complexity index is 315. The van der Waals surface area contributed by atoms with Gasteiger partial charge in [-0.15, -0.1) is 0 Å². The maximum absolute atomic E-state index is 5.55. The molecule has 1 aromatic rings. The Morgan fingerprint density at radius 3 is 3.07 bits per heavy atom. The van der Waals surface area contributed by atoms with Crippen molar-refractivity contribution in [2.75, 3.05) is 25.1 Å². The summed E-state index contributed by atoms with van der Waals surface area (Å²) in [5.41, 5.74) is 0. The van der Waals surface area contributed by atoms with Crippen molar-refractivity contribution in [3.05, 3.63) is 12.4 Å². The molecule has 5 nitrogen and oxygen atoms in total. The summed E-state index contributed by atoms with van der Waals surface area (Å²) in [6, 6.07) is 1.81. The van der Waals surface area contributed by atoms with E-state index in [1.54, 1.807) is 0 Å². The second-order valence-corrected chi connectivity index (χ2v) is 3.45. The number of anilines is 1. The molecule has 15 heavy (non-hydrogen) atoms. The topological polar surface area (TPSA) is 56.3 Å². The van der Waals surface area contributed by atoms with Crippen LogP contribution in [0.4, 0.5) is 5.82 Å². The largest absolute Gasteiger partial charge is 0.469 e. The van der Waals surface area contributed by atoms with E-state index < -0.39 is 0 Å². The van der Waals surface area contributed by atoms with E-state index in [1.807, 2.05) is 6.07 Å². The molecule has 0 radical (unpaired) electrons. The lowest BCUT2D eigenvalue weighted by Crippen LogP contribution is -2.38. The molecular formula is C10H15N3O2. The Morgan fingerprint density at radius 2 is 2.40 bits per heavy atom. The number of aromatic nitrogens is 2. The van der Waals surface area contributed by atoms with Crippen LogP contribution in [0.2, 0.25) is 0 Å². The van der Waals surface area contributed by atoms with Gasteiger partial charge in [-0.25, -0.2) is 9.97 Å². The molecular weight excluding hydrogens is 194 g/mol. The van der Waals surface area contributed by atoms with Crippen molar-refractivity contribution in [3.63, 3.8) is 0 Å². The van der Waals surface area contributed by atoms with Crippen LogP contribution in [-0.2, 0) is 4.74 Å². The lowest BCUT2D eigenvalue weighted by atomic mass is 10.3. The van der Waals surface area contributed by atoms with Gasteiger partial charge in [-0.3, -0.25) is 0 Å². The normalized spacial score (nSPS) is 15.8. The summed E-state index contributed by atoms with van der Waals surface area (Å²) in [4.78, 5) is 8.13. The second kappa shape index (κ2) is 4.93. The molecule has 1 N–H and O–H groups in total. The molecule has 0 atom stereocenters. The van der Waals surface area contributed by atoms with Crippen LogP contribution >= 0.6 is 0 Å². The van der Waals surface area contributed by atoms with E-state index in [2.05, 4.69) is 22.2 Å². The van der Waals surface area contributed by atoms with Gasteiger partial charge in [0.1, 0.15) is 18.2 Å². The van der Waals surface area contributed by atoms with Gasteiger partial charge < -0.3 is 14.8 Å². The first-order chi connectivity index (χ1) is 7.38. The van der Waals surface area contributed by atoms with Gasteiger partial charge in [0.2, 0.25) is 5.88 Å². The highest BCUT2D eigenvalue weighted by Gasteiger charge is 2.20. The molecule has 5 heteroatoms. The number of hydrogen-bond donors (Lipinski definition) is 1. The number of ether oxygens (including phenoxy) is 2. The van der Waals surface area contributed by atoms with E-state index in [1.165, 1.54) is 6.33 Å². The Morgan fingerprint density at radius 1 is 1.53 bits per heavy atom. The number of rotatable bonds is 5. The summed E-state index contributed by atoms with van der Waals surface area (Å²) in [6.07, 6.45) is 2.72. The highest BCUT2D eigenvalue weighted by molar-refractivity contribution is 5.36. The molecule has 0 unspecified atom stereocenters. The first-order valence-electron chi connectivity index (χ1n) is 5.19. The SMILES string of the molecule is CCCNc1cc(OC2COC2)ncn1. The van der Waals surface area contributed by atoms with Crippen molar-refractivity contribution >= 4 is 5.82 Å². The van der Waals surface area contributed by atoms with Crippen LogP contribution < -0.4 is 10.1 Å². The molecule has 0 aromatic carbocycles. The fourth-order valence-electron chi connectivity index (χ4n) is 1.21. The van der Waals surface area contributed by atoms with Crippen LogP contribution in [0.25, 0.3) is 0 Å². The molecule has 0 aliphatic carbocycles. The van der Waals surface area contributed by atoms with Gasteiger partial charge in [0.25, 0.3) is 0 Å². The number of nitrogens with one attached hydrogen (secondary N) is 1. The van der Waals surface area contributed by atoms with E-state index in [0.717, 1.165) is 18.8 Å². The molecule has 1 aliphatic rings. The van der Waals surface area contributed by atoms with Crippen LogP contribution in [0.3, 0.4) is 0 Å². The van der Waals surface area contributed by atoms with E-state index in [-0.39, 0.29) is 6.10 Å². The lowest BCUT2D eigenvalue weighted by Gasteiger charge is -2.26. The summed E-state index contributed by atoms with van der Waals surface area (Å²) in [6.45, 7) is 4.32. The zero-order valence-corrected chi connectivity index (χ0v) is 8.77. The van der Waals surface area contributed by atoms with Crippen LogP contribution in [-0.4, -0.2) is 35.8 Å². The standard InChI is InChI=1S/C10H15N3O2/c1-2-3-11-9-4-10(13-7-12-9)15-8-5-14-6-8/h4,7-8H,2-3,5-6H2,1H3,(H,11,12,13). The molecule has 1 saturated heterocycles. The molecule has 1 fully saturated rings. The van der Waals surface area contributed by atoms with E-state index in [0.29, 0.717) is 19.1 Å². The van der Waals surface area contributed by atoms with Gasteiger partial charge in [-0.1, -0.05) is 6.92 Å². The average Bonchev–Trinajstić information content (AvgIpc) is 2.21. The third-order valence-corrected chi connectivity index (χ3v) is 2.09. The van der Waals surface area contributed by atoms with Gasteiger partial charge in [-0.05, 0) is 6.42 Å². The van der Waals surface area contributed by atoms with Crippen molar-refractivity contribution in [2.24, 2.45) is 0 Å². The molecule has 1 aliphatic heterocycles. The summed E-state index contributed by atoms with van der Waals surface area (Å²) in [5.74, 6) is 1.42. The third-order valence-electron chi connectivity index (χ3n) is 2.09. The number of hydrogen-bond acceptors (Lipinski definition) is 5. The molecule has 0 bridgehead atoms. The molecule has 2 rings (SSSR count). The highest BCUT2D eigenvalue weighted by atomic mass is 16.6. The maximum Gasteiger partial charge on any atom is 0.218 e. The first-order valence-corrected chi connectivity index (χ1v) is 5.19. The quantitative estimate of drug-likeness (QED) is 0.786. The van der Waals surface area contributed by atoms with Crippen LogP contribution in [0.5, 0.6) is 5.88 Å². The lowest BCUT2D eigenvalue weighted by molar-refractivity contribution is -0.0813. The zero-order valence-electron chi connectivity index (χ0n) is 8.77. The predicted octanol–water partition coefficient (Wildman–Crippen LogP) is 1.08. The van der Waals surface area contributed by atoms with Crippen molar-refractivity contribution in [2.45, 2.75) is 19.4 Å². The van der Waals surface area contributed by atoms with Crippen molar-refractivity contribution in [1.82, 2.24) is 9.97 Å². The molecule has 0 amide bonds. The minimum Gasteiger partial charge on any atom is -0.469 e.